The highest BCUT2D eigenvalue weighted by Gasteiger charge is 2.21. The summed E-state index contributed by atoms with van der Waals surface area (Å²) >= 11 is 0. The van der Waals surface area contributed by atoms with Gasteiger partial charge in [0.15, 0.2) is 0 Å². The molecule has 0 aliphatic rings. The normalized spacial score (nSPS) is 12.5. The van der Waals surface area contributed by atoms with Crippen LogP contribution in [-0.4, -0.2) is 38.3 Å². The largest absolute Gasteiger partial charge is 0.345 e. The first-order valence-corrected chi connectivity index (χ1v) is 8.66. The molecule has 2 amide bonds. The Kier molecular flexibility index (Phi) is 6.04. The maximum Gasteiger partial charge on any atom is 0.246 e. The molecule has 8 heteroatoms. The van der Waals surface area contributed by atoms with E-state index in [9.17, 15) is 22.4 Å². The molecule has 2 N–H and O–H groups in total. The third-order valence-electron chi connectivity index (χ3n) is 2.91. The molecule has 0 radical (unpaired) electrons. The highest BCUT2D eigenvalue weighted by Crippen LogP contribution is 2.14. The van der Waals surface area contributed by atoms with Gasteiger partial charge in [-0.3, -0.25) is 9.59 Å². The summed E-state index contributed by atoms with van der Waals surface area (Å²) in [5.41, 5.74) is 0.677. The van der Waals surface area contributed by atoms with Crippen LogP contribution in [0.2, 0.25) is 0 Å². The molecular weight excluding hydrogens is 311 g/mol. The second-order valence-electron chi connectivity index (χ2n) is 5.12. The van der Waals surface area contributed by atoms with E-state index in [1.54, 1.807) is 6.92 Å². The standard InChI is InChI=1S/C14H19FN2O4S/c1-9-4-5-11(8-12(9)15)17-14(19)13(16-10(2)18)6-7-22(3,20)21/h4-5,8,13H,6-7H2,1-3H3,(H,16,18)(H,17,19)/t13-/m1/s1. The summed E-state index contributed by atoms with van der Waals surface area (Å²) in [7, 11) is -3.26. The van der Waals surface area contributed by atoms with Crippen molar-refractivity contribution >= 4 is 27.3 Å². The zero-order valence-electron chi connectivity index (χ0n) is 12.6. The van der Waals surface area contributed by atoms with E-state index in [-0.39, 0.29) is 17.9 Å². The van der Waals surface area contributed by atoms with Gasteiger partial charge in [-0.1, -0.05) is 6.07 Å². The second-order valence-corrected chi connectivity index (χ2v) is 7.38. The van der Waals surface area contributed by atoms with E-state index in [2.05, 4.69) is 10.6 Å². The molecule has 1 aromatic carbocycles. The van der Waals surface area contributed by atoms with Gasteiger partial charge in [-0.05, 0) is 31.0 Å². The van der Waals surface area contributed by atoms with Crippen molar-refractivity contribution in [2.24, 2.45) is 0 Å². The van der Waals surface area contributed by atoms with E-state index < -0.39 is 33.5 Å². The van der Waals surface area contributed by atoms with Gasteiger partial charge in [-0.15, -0.1) is 0 Å². The van der Waals surface area contributed by atoms with Crippen molar-refractivity contribution in [3.63, 3.8) is 0 Å². The lowest BCUT2D eigenvalue weighted by Gasteiger charge is -2.17. The molecule has 0 unspecified atom stereocenters. The van der Waals surface area contributed by atoms with Crippen LogP contribution in [0.1, 0.15) is 18.9 Å². The monoisotopic (exact) mass is 330 g/mol. The Hall–Kier alpha value is -1.96. The van der Waals surface area contributed by atoms with Crippen LogP contribution < -0.4 is 10.6 Å². The van der Waals surface area contributed by atoms with Crippen molar-refractivity contribution in [3.8, 4) is 0 Å². The summed E-state index contributed by atoms with van der Waals surface area (Å²) < 4.78 is 35.8. The SMILES string of the molecule is CC(=O)N[C@H](CCS(C)(=O)=O)C(=O)Nc1ccc(C)c(F)c1. The number of benzene rings is 1. The molecule has 0 fully saturated rings. The van der Waals surface area contributed by atoms with E-state index in [0.717, 1.165) is 12.3 Å². The fourth-order valence-electron chi connectivity index (χ4n) is 1.75. The van der Waals surface area contributed by atoms with Crippen molar-refractivity contribution in [2.45, 2.75) is 26.3 Å². The Balaban J connectivity index is 2.81. The zero-order valence-corrected chi connectivity index (χ0v) is 13.5. The smallest absolute Gasteiger partial charge is 0.246 e. The molecule has 6 nitrogen and oxygen atoms in total. The minimum Gasteiger partial charge on any atom is -0.345 e. The topological polar surface area (TPSA) is 92.3 Å². The number of rotatable bonds is 6. The van der Waals surface area contributed by atoms with E-state index >= 15 is 0 Å². The summed E-state index contributed by atoms with van der Waals surface area (Å²) in [6, 6.07) is 3.19. The van der Waals surface area contributed by atoms with Gasteiger partial charge in [0.2, 0.25) is 11.8 Å². The second kappa shape index (κ2) is 7.35. The first kappa shape index (κ1) is 18.1. The molecular formula is C14H19FN2O4S. The van der Waals surface area contributed by atoms with Crippen LogP contribution in [0.5, 0.6) is 0 Å². The van der Waals surface area contributed by atoms with Gasteiger partial charge >= 0.3 is 0 Å². The van der Waals surface area contributed by atoms with Gasteiger partial charge in [-0.2, -0.15) is 0 Å². The minimum absolute atomic E-state index is 0.0570. The molecule has 0 heterocycles. The summed E-state index contributed by atoms with van der Waals surface area (Å²) in [6.07, 6.45) is 0.990. The predicted molar refractivity (Wildman–Crippen MR) is 81.7 cm³/mol. The summed E-state index contributed by atoms with van der Waals surface area (Å²) in [5.74, 6) is -1.76. The van der Waals surface area contributed by atoms with Crippen LogP contribution in [0.15, 0.2) is 18.2 Å². The number of carbonyl (C=O) groups excluding carboxylic acids is 2. The quantitative estimate of drug-likeness (QED) is 0.814. The number of amides is 2. The number of aryl methyl sites for hydroxylation is 1. The first-order chi connectivity index (χ1) is 10.1. The van der Waals surface area contributed by atoms with Crippen LogP contribution in [0.25, 0.3) is 0 Å². The number of hydrogen-bond acceptors (Lipinski definition) is 4. The van der Waals surface area contributed by atoms with Crippen LogP contribution in [0, 0.1) is 12.7 Å². The van der Waals surface area contributed by atoms with Crippen molar-refractivity contribution in [1.82, 2.24) is 5.32 Å². The third kappa shape index (κ3) is 6.21. The maximum absolute atomic E-state index is 13.4. The number of halogens is 1. The molecule has 0 saturated carbocycles. The van der Waals surface area contributed by atoms with Gasteiger partial charge in [0.25, 0.3) is 0 Å². The molecule has 0 saturated heterocycles. The Morgan fingerprint density at radius 1 is 1.32 bits per heavy atom. The van der Waals surface area contributed by atoms with E-state index in [1.165, 1.54) is 19.1 Å². The fraction of sp³-hybridized carbons (Fsp3) is 0.429. The highest BCUT2D eigenvalue weighted by molar-refractivity contribution is 7.90. The lowest BCUT2D eigenvalue weighted by molar-refractivity contribution is -0.125. The van der Waals surface area contributed by atoms with Crippen LogP contribution >= 0.6 is 0 Å². The van der Waals surface area contributed by atoms with E-state index in [4.69, 9.17) is 0 Å². The third-order valence-corrected chi connectivity index (χ3v) is 3.89. The molecule has 0 bridgehead atoms. The lowest BCUT2D eigenvalue weighted by Crippen LogP contribution is -2.43. The van der Waals surface area contributed by atoms with Crippen LogP contribution in [0.3, 0.4) is 0 Å². The van der Waals surface area contributed by atoms with Crippen molar-refractivity contribution < 1.29 is 22.4 Å². The average molecular weight is 330 g/mol. The van der Waals surface area contributed by atoms with Gasteiger partial charge in [0.1, 0.15) is 21.7 Å². The summed E-state index contributed by atoms with van der Waals surface area (Å²) in [5, 5.41) is 4.85. The Bertz CT molecular complexity index is 673. The molecule has 0 spiro atoms. The van der Waals surface area contributed by atoms with Gasteiger partial charge < -0.3 is 10.6 Å². The molecule has 1 rings (SSSR count). The number of anilines is 1. The van der Waals surface area contributed by atoms with Gasteiger partial charge in [0, 0.05) is 18.9 Å². The van der Waals surface area contributed by atoms with Crippen molar-refractivity contribution in [2.75, 3.05) is 17.3 Å². The van der Waals surface area contributed by atoms with Gasteiger partial charge in [0.05, 0.1) is 5.75 Å². The highest BCUT2D eigenvalue weighted by atomic mass is 32.2. The fourth-order valence-corrected chi connectivity index (χ4v) is 2.41. The van der Waals surface area contributed by atoms with Crippen LogP contribution in [0.4, 0.5) is 10.1 Å². The average Bonchev–Trinajstić information content (AvgIpc) is 2.37. The molecule has 0 aliphatic carbocycles. The molecule has 1 aromatic rings. The number of carbonyl (C=O) groups is 2. The minimum atomic E-state index is -3.26. The van der Waals surface area contributed by atoms with Crippen LogP contribution in [-0.2, 0) is 19.4 Å². The summed E-state index contributed by atoms with van der Waals surface area (Å²) in [4.78, 5) is 23.3. The van der Waals surface area contributed by atoms with Gasteiger partial charge in [-0.25, -0.2) is 12.8 Å². The molecule has 22 heavy (non-hydrogen) atoms. The van der Waals surface area contributed by atoms with E-state index in [1.807, 2.05) is 0 Å². The number of hydrogen-bond donors (Lipinski definition) is 2. The molecule has 0 aromatic heterocycles. The van der Waals surface area contributed by atoms with Crippen molar-refractivity contribution in [3.05, 3.63) is 29.6 Å². The maximum atomic E-state index is 13.4. The van der Waals surface area contributed by atoms with Crippen molar-refractivity contribution in [1.29, 1.82) is 0 Å². The van der Waals surface area contributed by atoms with E-state index in [0.29, 0.717) is 5.56 Å². The summed E-state index contributed by atoms with van der Waals surface area (Å²) in [6.45, 7) is 2.82. The Labute approximate surface area is 129 Å². The number of nitrogens with one attached hydrogen (secondary N) is 2. The first-order valence-electron chi connectivity index (χ1n) is 6.60. The Morgan fingerprint density at radius 2 is 1.95 bits per heavy atom. The predicted octanol–water partition coefficient (Wildman–Crippen LogP) is 1.01. The number of sulfone groups is 1. The molecule has 0 aliphatic heterocycles. The Morgan fingerprint density at radius 3 is 2.45 bits per heavy atom. The zero-order chi connectivity index (χ0) is 16.9. The lowest BCUT2D eigenvalue weighted by atomic mass is 10.2. The molecule has 122 valence electrons. The molecule has 1 atom stereocenters.